The highest BCUT2D eigenvalue weighted by Gasteiger charge is 2.52. The lowest BCUT2D eigenvalue weighted by atomic mass is 9.83. The molecular formula is C19H12Cl4O5S. The van der Waals surface area contributed by atoms with E-state index in [2.05, 4.69) is 0 Å². The SMILES string of the molecule is O=S(=O)(O)C(c1ccccc1)(c1cc(Cl)c(O)cc1O)c1c(Cl)cc(Cl)cc1Cl. The Labute approximate surface area is 186 Å². The minimum Gasteiger partial charge on any atom is -0.507 e. The zero-order valence-corrected chi connectivity index (χ0v) is 18.1. The van der Waals surface area contributed by atoms with Crippen molar-refractivity contribution in [3.8, 4) is 11.5 Å². The fourth-order valence-corrected chi connectivity index (χ4v) is 5.96. The van der Waals surface area contributed by atoms with Gasteiger partial charge in [0.2, 0.25) is 0 Å². The Morgan fingerprint density at radius 1 is 0.759 bits per heavy atom. The molecule has 3 N–H and O–H groups in total. The maximum Gasteiger partial charge on any atom is 0.283 e. The molecule has 5 nitrogen and oxygen atoms in total. The van der Waals surface area contributed by atoms with Crippen LogP contribution in [0.15, 0.2) is 54.6 Å². The zero-order valence-electron chi connectivity index (χ0n) is 14.3. The molecule has 0 aliphatic heterocycles. The number of halogens is 4. The number of phenols is 2. The van der Waals surface area contributed by atoms with E-state index in [9.17, 15) is 23.2 Å². The topological polar surface area (TPSA) is 94.8 Å². The summed E-state index contributed by atoms with van der Waals surface area (Å²) in [5.74, 6) is -1.14. The van der Waals surface area contributed by atoms with Gasteiger partial charge in [-0.1, -0.05) is 76.7 Å². The summed E-state index contributed by atoms with van der Waals surface area (Å²) in [5, 5.41) is 19.9. The number of rotatable bonds is 4. The largest absolute Gasteiger partial charge is 0.507 e. The van der Waals surface area contributed by atoms with Crippen molar-refractivity contribution in [3.05, 3.63) is 91.4 Å². The highest BCUT2D eigenvalue weighted by molar-refractivity contribution is 7.87. The van der Waals surface area contributed by atoms with Crippen molar-refractivity contribution >= 4 is 56.5 Å². The zero-order chi connectivity index (χ0) is 21.6. The summed E-state index contributed by atoms with van der Waals surface area (Å²) in [6.07, 6.45) is 0. The first-order valence-electron chi connectivity index (χ1n) is 7.89. The molecule has 0 amide bonds. The van der Waals surface area contributed by atoms with E-state index in [1.807, 2.05) is 0 Å². The molecule has 152 valence electrons. The van der Waals surface area contributed by atoms with Gasteiger partial charge in [-0.2, -0.15) is 8.42 Å². The standard InChI is InChI=1S/C19H12Cl4O5S/c20-11-6-14(22)18(15(23)7-11)19(29(26,27)28,10-4-2-1-3-5-10)12-8-13(21)17(25)9-16(12)24/h1-9,24-25H,(H,26,27,28). The molecular weight excluding hydrogens is 482 g/mol. The van der Waals surface area contributed by atoms with Gasteiger partial charge in [0.1, 0.15) is 11.5 Å². The molecule has 3 aromatic carbocycles. The monoisotopic (exact) mass is 492 g/mol. The molecule has 10 heteroatoms. The minimum atomic E-state index is -5.11. The molecule has 0 spiro atoms. The Morgan fingerprint density at radius 2 is 1.31 bits per heavy atom. The van der Waals surface area contributed by atoms with Crippen molar-refractivity contribution < 1.29 is 23.2 Å². The number of benzene rings is 3. The quantitative estimate of drug-likeness (QED) is 0.311. The van der Waals surface area contributed by atoms with E-state index in [1.54, 1.807) is 6.07 Å². The van der Waals surface area contributed by atoms with Gasteiger partial charge in [0.15, 0.2) is 4.75 Å². The van der Waals surface area contributed by atoms with E-state index in [0.717, 1.165) is 12.1 Å². The van der Waals surface area contributed by atoms with E-state index in [1.165, 1.54) is 36.4 Å². The van der Waals surface area contributed by atoms with Gasteiger partial charge in [-0.25, -0.2) is 0 Å². The third-order valence-corrected chi connectivity index (χ3v) is 6.92. The van der Waals surface area contributed by atoms with Gasteiger partial charge >= 0.3 is 0 Å². The van der Waals surface area contributed by atoms with E-state index in [-0.39, 0.29) is 36.8 Å². The summed E-state index contributed by atoms with van der Waals surface area (Å²) < 4.78 is 34.0. The van der Waals surface area contributed by atoms with Gasteiger partial charge in [0, 0.05) is 32.3 Å². The van der Waals surface area contributed by atoms with Crippen LogP contribution in [0.1, 0.15) is 16.7 Å². The second kappa shape index (κ2) is 7.87. The molecule has 0 aliphatic carbocycles. The second-order valence-corrected chi connectivity index (χ2v) is 9.31. The summed E-state index contributed by atoms with van der Waals surface area (Å²) in [6.45, 7) is 0. The molecule has 0 fully saturated rings. The summed E-state index contributed by atoms with van der Waals surface area (Å²) in [6, 6.07) is 11.9. The van der Waals surface area contributed by atoms with E-state index >= 15 is 0 Å². The minimum absolute atomic E-state index is 0.0191. The van der Waals surface area contributed by atoms with Gasteiger partial charge in [-0.3, -0.25) is 4.55 Å². The summed E-state index contributed by atoms with van der Waals surface area (Å²) in [4.78, 5) is 0. The molecule has 0 aromatic heterocycles. The fraction of sp³-hybridized carbons (Fsp3) is 0.0526. The molecule has 0 heterocycles. The normalized spacial score (nSPS) is 13.8. The molecule has 0 saturated heterocycles. The third kappa shape index (κ3) is 3.65. The van der Waals surface area contributed by atoms with Crippen LogP contribution in [0, 0.1) is 0 Å². The summed E-state index contributed by atoms with van der Waals surface area (Å²) in [5.41, 5.74) is -0.582. The lowest BCUT2D eigenvalue weighted by molar-refractivity contribution is 0.431. The van der Waals surface area contributed by atoms with E-state index in [4.69, 9.17) is 46.4 Å². The van der Waals surface area contributed by atoms with Crippen LogP contribution in [0.5, 0.6) is 11.5 Å². The highest BCUT2D eigenvalue weighted by atomic mass is 35.5. The average Bonchev–Trinajstić information content (AvgIpc) is 2.61. The lowest BCUT2D eigenvalue weighted by Gasteiger charge is -2.34. The van der Waals surface area contributed by atoms with Crippen molar-refractivity contribution in [2.24, 2.45) is 0 Å². The summed E-state index contributed by atoms with van der Waals surface area (Å²) in [7, 11) is -5.11. The van der Waals surface area contributed by atoms with Crippen molar-refractivity contribution in [2.75, 3.05) is 0 Å². The van der Waals surface area contributed by atoms with Crippen LogP contribution >= 0.6 is 46.4 Å². The Bertz CT molecular complexity index is 1180. The van der Waals surface area contributed by atoms with E-state index in [0.29, 0.717) is 0 Å². The predicted molar refractivity (Wildman–Crippen MR) is 114 cm³/mol. The van der Waals surface area contributed by atoms with Crippen LogP contribution in [-0.2, 0) is 14.9 Å². The van der Waals surface area contributed by atoms with Crippen molar-refractivity contribution in [1.29, 1.82) is 0 Å². The van der Waals surface area contributed by atoms with Crippen LogP contribution in [0.4, 0.5) is 0 Å². The number of hydrogen-bond acceptors (Lipinski definition) is 4. The van der Waals surface area contributed by atoms with Crippen molar-refractivity contribution in [1.82, 2.24) is 0 Å². The van der Waals surface area contributed by atoms with Gasteiger partial charge in [0.25, 0.3) is 10.1 Å². The Kier molecular flexibility index (Phi) is 5.98. The number of aromatic hydroxyl groups is 2. The van der Waals surface area contributed by atoms with Crippen LogP contribution in [-0.4, -0.2) is 23.2 Å². The Morgan fingerprint density at radius 3 is 1.83 bits per heavy atom. The molecule has 3 rings (SSSR count). The predicted octanol–water partition coefficient (Wildman–Crippen LogP) is 5.89. The summed E-state index contributed by atoms with van der Waals surface area (Å²) >= 11 is 24.6. The Balaban J connectivity index is 2.64. The molecule has 29 heavy (non-hydrogen) atoms. The first-order valence-corrected chi connectivity index (χ1v) is 10.8. The van der Waals surface area contributed by atoms with Crippen molar-refractivity contribution in [2.45, 2.75) is 4.75 Å². The first-order chi connectivity index (χ1) is 13.5. The number of hydrogen-bond donors (Lipinski definition) is 3. The lowest BCUT2D eigenvalue weighted by Crippen LogP contribution is -2.39. The molecule has 3 aromatic rings. The second-order valence-electron chi connectivity index (χ2n) is 6.09. The Hall–Kier alpha value is -1.67. The molecule has 0 saturated carbocycles. The molecule has 0 radical (unpaired) electrons. The fourth-order valence-electron chi connectivity index (χ4n) is 3.24. The van der Waals surface area contributed by atoms with Gasteiger partial charge < -0.3 is 10.2 Å². The van der Waals surface area contributed by atoms with Crippen molar-refractivity contribution in [3.63, 3.8) is 0 Å². The number of phenolic OH excluding ortho intramolecular Hbond substituents is 2. The van der Waals surface area contributed by atoms with E-state index < -0.39 is 26.4 Å². The smallest absolute Gasteiger partial charge is 0.283 e. The molecule has 1 unspecified atom stereocenters. The highest BCUT2D eigenvalue weighted by Crippen LogP contribution is 2.53. The third-order valence-electron chi connectivity index (χ3n) is 4.37. The average molecular weight is 494 g/mol. The maximum absolute atomic E-state index is 13.0. The van der Waals surface area contributed by atoms with Crippen LogP contribution in [0.25, 0.3) is 0 Å². The molecule has 0 bridgehead atoms. The molecule has 0 aliphatic rings. The first kappa shape index (κ1) is 22.0. The maximum atomic E-state index is 13.0. The van der Waals surface area contributed by atoms with Crippen LogP contribution in [0.2, 0.25) is 20.1 Å². The van der Waals surface area contributed by atoms with Gasteiger partial charge in [-0.05, 0) is 23.8 Å². The van der Waals surface area contributed by atoms with Gasteiger partial charge in [-0.15, -0.1) is 0 Å². The van der Waals surface area contributed by atoms with Gasteiger partial charge in [0.05, 0.1) is 5.02 Å². The molecule has 1 atom stereocenters. The van der Waals surface area contributed by atoms with Crippen LogP contribution in [0.3, 0.4) is 0 Å². The van der Waals surface area contributed by atoms with Crippen LogP contribution < -0.4 is 0 Å².